The number of benzene rings is 2. The van der Waals surface area contributed by atoms with Gasteiger partial charge in [0.1, 0.15) is 0 Å². The van der Waals surface area contributed by atoms with Crippen LogP contribution in [0.15, 0.2) is 54.7 Å². The molecule has 0 aliphatic carbocycles. The maximum absolute atomic E-state index is 12.2. The largest absolute Gasteiger partial charge is 0.361 e. The van der Waals surface area contributed by atoms with Gasteiger partial charge in [-0.1, -0.05) is 43.3 Å². The second-order valence-electron chi connectivity index (χ2n) is 5.42. The lowest BCUT2D eigenvalue weighted by molar-refractivity contribution is -0.116. The second kappa shape index (κ2) is 6.48. The Morgan fingerprint density at radius 1 is 1.05 bits per heavy atom. The predicted octanol–water partition coefficient (Wildman–Crippen LogP) is 4.30. The third kappa shape index (κ3) is 3.03. The quantitative estimate of drug-likeness (QED) is 0.723. The van der Waals surface area contributed by atoms with Crippen LogP contribution < -0.4 is 5.32 Å². The normalized spacial score (nSPS) is 10.8. The van der Waals surface area contributed by atoms with Crippen molar-refractivity contribution in [2.75, 3.05) is 5.32 Å². The lowest BCUT2D eigenvalue weighted by atomic mass is 10.1. The molecule has 1 amide bonds. The number of aryl methyl sites for hydroxylation is 2. The molecule has 0 aliphatic heterocycles. The Bertz CT molecular complexity index is 789. The van der Waals surface area contributed by atoms with Crippen LogP contribution in [0.5, 0.6) is 0 Å². The molecule has 0 aliphatic rings. The van der Waals surface area contributed by atoms with Crippen molar-refractivity contribution in [3.05, 3.63) is 65.9 Å². The Labute approximate surface area is 130 Å². The first-order valence-electron chi connectivity index (χ1n) is 7.70. The number of fused-ring (bicyclic) bond motifs is 1. The standard InChI is InChI=1S/C19H20N2O/c1-2-14-7-3-5-9-17(14)21-19(22)12-11-15-13-20-18-10-6-4-8-16(15)18/h3-10,13,20H,2,11-12H2,1H3,(H,21,22). The van der Waals surface area contributed by atoms with Gasteiger partial charge >= 0.3 is 0 Å². The van der Waals surface area contributed by atoms with E-state index in [0.717, 1.165) is 24.0 Å². The molecule has 0 bridgehead atoms. The fraction of sp³-hybridized carbons (Fsp3) is 0.211. The van der Waals surface area contributed by atoms with E-state index in [1.165, 1.54) is 16.5 Å². The number of carbonyl (C=O) groups excluding carboxylic acids is 1. The second-order valence-corrected chi connectivity index (χ2v) is 5.42. The fourth-order valence-electron chi connectivity index (χ4n) is 2.75. The van der Waals surface area contributed by atoms with Gasteiger partial charge in [0.15, 0.2) is 0 Å². The first kappa shape index (κ1) is 14.4. The molecular formula is C19H20N2O. The molecule has 0 radical (unpaired) electrons. The topological polar surface area (TPSA) is 44.9 Å². The van der Waals surface area contributed by atoms with E-state index in [0.29, 0.717) is 6.42 Å². The monoisotopic (exact) mass is 292 g/mol. The van der Waals surface area contributed by atoms with Crippen LogP contribution in [0.2, 0.25) is 0 Å². The van der Waals surface area contributed by atoms with E-state index in [2.05, 4.69) is 35.4 Å². The highest BCUT2D eigenvalue weighted by Crippen LogP contribution is 2.20. The molecule has 0 fully saturated rings. The summed E-state index contributed by atoms with van der Waals surface area (Å²) in [6, 6.07) is 16.1. The molecule has 0 saturated heterocycles. The molecule has 0 atom stereocenters. The van der Waals surface area contributed by atoms with Crippen LogP contribution in [0.25, 0.3) is 10.9 Å². The van der Waals surface area contributed by atoms with Crippen LogP contribution in [0.1, 0.15) is 24.5 Å². The SMILES string of the molecule is CCc1ccccc1NC(=O)CCc1c[nH]c2ccccc12. The number of nitrogens with one attached hydrogen (secondary N) is 2. The lowest BCUT2D eigenvalue weighted by Crippen LogP contribution is -2.13. The summed E-state index contributed by atoms with van der Waals surface area (Å²) in [7, 11) is 0. The molecule has 0 spiro atoms. The maximum atomic E-state index is 12.2. The lowest BCUT2D eigenvalue weighted by Gasteiger charge is -2.09. The average molecular weight is 292 g/mol. The molecule has 3 nitrogen and oxygen atoms in total. The van der Waals surface area contributed by atoms with Gasteiger partial charge in [0.25, 0.3) is 0 Å². The molecule has 3 heteroatoms. The molecule has 0 unspecified atom stereocenters. The third-order valence-corrected chi connectivity index (χ3v) is 3.97. The van der Waals surface area contributed by atoms with Gasteiger partial charge < -0.3 is 10.3 Å². The van der Waals surface area contributed by atoms with Crippen molar-refractivity contribution in [2.45, 2.75) is 26.2 Å². The van der Waals surface area contributed by atoms with Crippen LogP contribution in [0.3, 0.4) is 0 Å². The van der Waals surface area contributed by atoms with Crippen LogP contribution in [-0.2, 0) is 17.6 Å². The van der Waals surface area contributed by atoms with Crippen LogP contribution in [-0.4, -0.2) is 10.9 Å². The van der Waals surface area contributed by atoms with E-state index in [1.54, 1.807) is 0 Å². The maximum Gasteiger partial charge on any atom is 0.224 e. The molecule has 0 saturated carbocycles. The van der Waals surface area contributed by atoms with Gasteiger partial charge in [-0.3, -0.25) is 4.79 Å². The highest BCUT2D eigenvalue weighted by molar-refractivity contribution is 5.92. The van der Waals surface area contributed by atoms with Gasteiger partial charge in [0, 0.05) is 29.2 Å². The highest BCUT2D eigenvalue weighted by Gasteiger charge is 2.08. The van der Waals surface area contributed by atoms with Crippen molar-refractivity contribution in [2.24, 2.45) is 0 Å². The van der Waals surface area contributed by atoms with Crippen LogP contribution in [0, 0.1) is 0 Å². The predicted molar refractivity (Wildman–Crippen MR) is 91.1 cm³/mol. The van der Waals surface area contributed by atoms with Gasteiger partial charge in [-0.25, -0.2) is 0 Å². The van der Waals surface area contributed by atoms with E-state index in [4.69, 9.17) is 0 Å². The smallest absolute Gasteiger partial charge is 0.224 e. The zero-order valence-electron chi connectivity index (χ0n) is 12.7. The zero-order chi connectivity index (χ0) is 15.4. The summed E-state index contributed by atoms with van der Waals surface area (Å²) in [6.07, 6.45) is 4.14. The van der Waals surface area contributed by atoms with Crippen molar-refractivity contribution in [3.63, 3.8) is 0 Å². The minimum atomic E-state index is 0.0613. The Kier molecular flexibility index (Phi) is 4.24. The first-order valence-corrected chi connectivity index (χ1v) is 7.70. The first-order chi connectivity index (χ1) is 10.8. The molecule has 2 N–H and O–H groups in total. The molecule has 3 rings (SSSR count). The van der Waals surface area contributed by atoms with Crippen molar-refractivity contribution in [1.29, 1.82) is 0 Å². The minimum Gasteiger partial charge on any atom is -0.361 e. The number of aromatic amines is 1. The third-order valence-electron chi connectivity index (χ3n) is 3.97. The summed E-state index contributed by atoms with van der Waals surface area (Å²) in [5.74, 6) is 0.0613. The number of anilines is 1. The number of hydrogen-bond donors (Lipinski definition) is 2. The van der Waals surface area contributed by atoms with Crippen molar-refractivity contribution in [1.82, 2.24) is 4.98 Å². The summed E-state index contributed by atoms with van der Waals surface area (Å²) < 4.78 is 0. The fourth-order valence-corrected chi connectivity index (χ4v) is 2.75. The molecule has 1 aromatic heterocycles. The van der Waals surface area contributed by atoms with Crippen molar-refractivity contribution >= 4 is 22.5 Å². The van der Waals surface area contributed by atoms with Crippen LogP contribution in [0.4, 0.5) is 5.69 Å². The van der Waals surface area contributed by atoms with Gasteiger partial charge in [0.2, 0.25) is 5.91 Å². The molecular weight excluding hydrogens is 272 g/mol. The summed E-state index contributed by atoms with van der Waals surface area (Å²) in [5, 5.41) is 4.22. The van der Waals surface area contributed by atoms with E-state index in [1.807, 2.05) is 36.5 Å². The van der Waals surface area contributed by atoms with E-state index in [9.17, 15) is 4.79 Å². The number of para-hydroxylation sites is 2. The van der Waals surface area contributed by atoms with Gasteiger partial charge in [-0.2, -0.15) is 0 Å². The molecule has 112 valence electrons. The van der Waals surface area contributed by atoms with Gasteiger partial charge in [-0.05, 0) is 36.1 Å². The minimum absolute atomic E-state index is 0.0613. The summed E-state index contributed by atoms with van der Waals surface area (Å²) in [5.41, 5.74) is 4.40. The van der Waals surface area contributed by atoms with Crippen LogP contribution >= 0.6 is 0 Å². The number of rotatable bonds is 5. The number of amides is 1. The highest BCUT2D eigenvalue weighted by atomic mass is 16.1. The average Bonchev–Trinajstić information content (AvgIpc) is 2.97. The number of hydrogen-bond acceptors (Lipinski definition) is 1. The molecule has 2 aromatic carbocycles. The Hall–Kier alpha value is -2.55. The van der Waals surface area contributed by atoms with E-state index >= 15 is 0 Å². The number of H-pyrrole nitrogens is 1. The molecule has 22 heavy (non-hydrogen) atoms. The van der Waals surface area contributed by atoms with E-state index < -0.39 is 0 Å². The number of carbonyl (C=O) groups is 1. The Morgan fingerprint density at radius 2 is 1.82 bits per heavy atom. The van der Waals surface area contributed by atoms with Crippen molar-refractivity contribution < 1.29 is 4.79 Å². The Morgan fingerprint density at radius 3 is 2.68 bits per heavy atom. The number of aromatic nitrogens is 1. The molecule has 3 aromatic rings. The summed E-state index contributed by atoms with van der Waals surface area (Å²) in [4.78, 5) is 15.4. The van der Waals surface area contributed by atoms with Gasteiger partial charge in [-0.15, -0.1) is 0 Å². The van der Waals surface area contributed by atoms with Gasteiger partial charge in [0.05, 0.1) is 0 Å². The van der Waals surface area contributed by atoms with Crippen molar-refractivity contribution in [3.8, 4) is 0 Å². The zero-order valence-corrected chi connectivity index (χ0v) is 12.7. The summed E-state index contributed by atoms with van der Waals surface area (Å²) in [6.45, 7) is 2.09. The van der Waals surface area contributed by atoms with E-state index in [-0.39, 0.29) is 5.91 Å². The molecule has 1 heterocycles. The Balaban J connectivity index is 1.65. The summed E-state index contributed by atoms with van der Waals surface area (Å²) >= 11 is 0.